The van der Waals surface area contributed by atoms with E-state index in [1.54, 1.807) is 0 Å². The van der Waals surface area contributed by atoms with Crippen LogP contribution in [0.5, 0.6) is 0 Å². The van der Waals surface area contributed by atoms with E-state index in [2.05, 4.69) is 34.3 Å². The van der Waals surface area contributed by atoms with Crippen molar-refractivity contribution in [3.63, 3.8) is 0 Å². The topological polar surface area (TPSA) is 44.0 Å². The molecule has 0 saturated carbocycles. The van der Waals surface area contributed by atoms with E-state index in [0.717, 1.165) is 43.0 Å². The largest absolute Gasteiger partial charge is 0.341 e. The molecular weight excluding hydrogens is 224 g/mol. The Balaban J connectivity index is 1.83. The van der Waals surface area contributed by atoms with Crippen LogP contribution in [0.2, 0.25) is 0 Å². The van der Waals surface area contributed by atoms with E-state index in [1.807, 2.05) is 12.1 Å². The van der Waals surface area contributed by atoms with Crippen molar-refractivity contribution >= 4 is 11.0 Å². The lowest BCUT2D eigenvalue weighted by Crippen LogP contribution is -2.31. The number of nitrogens with one attached hydrogen (secondary N) is 2. The normalized spacial score (nSPS) is 19.8. The molecule has 0 radical (unpaired) electrons. The van der Waals surface area contributed by atoms with Gasteiger partial charge in [0.25, 0.3) is 0 Å². The van der Waals surface area contributed by atoms with Gasteiger partial charge in [-0.3, -0.25) is 4.90 Å². The van der Waals surface area contributed by atoms with E-state index in [0.29, 0.717) is 6.04 Å². The van der Waals surface area contributed by atoms with Gasteiger partial charge in [-0.05, 0) is 32.0 Å². The highest BCUT2D eigenvalue weighted by Crippen LogP contribution is 2.21. The highest BCUT2D eigenvalue weighted by Gasteiger charge is 2.19. The third-order valence-electron chi connectivity index (χ3n) is 3.73. The molecule has 0 amide bonds. The highest BCUT2D eigenvalue weighted by atomic mass is 15.2. The number of hydrogen-bond acceptors (Lipinski definition) is 3. The van der Waals surface area contributed by atoms with Crippen molar-refractivity contribution in [1.82, 2.24) is 20.2 Å². The molecule has 3 rings (SSSR count). The fourth-order valence-electron chi connectivity index (χ4n) is 2.60. The number of hydrogen-bond donors (Lipinski definition) is 2. The number of benzene rings is 1. The average Bonchev–Trinajstić information content (AvgIpc) is 2.64. The molecule has 96 valence electrons. The Morgan fingerprint density at radius 3 is 3.00 bits per heavy atom. The van der Waals surface area contributed by atoms with Crippen molar-refractivity contribution in [3.8, 4) is 0 Å². The van der Waals surface area contributed by atoms with Gasteiger partial charge in [-0.1, -0.05) is 12.1 Å². The van der Waals surface area contributed by atoms with Gasteiger partial charge in [0.2, 0.25) is 0 Å². The van der Waals surface area contributed by atoms with E-state index in [1.165, 1.54) is 6.42 Å². The molecule has 18 heavy (non-hydrogen) atoms. The van der Waals surface area contributed by atoms with Crippen molar-refractivity contribution in [3.05, 3.63) is 30.1 Å². The molecule has 0 bridgehead atoms. The third-order valence-corrected chi connectivity index (χ3v) is 3.73. The fraction of sp³-hybridized carbons (Fsp3) is 0.500. The van der Waals surface area contributed by atoms with E-state index in [4.69, 9.17) is 4.98 Å². The van der Waals surface area contributed by atoms with E-state index >= 15 is 0 Å². The second kappa shape index (κ2) is 5.08. The van der Waals surface area contributed by atoms with E-state index in [-0.39, 0.29) is 0 Å². The average molecular weight is 244 g/mol. The van der Waals surface area contributed by atoms with Gasteiger partial charge in [-0.2, -0.15) is 0 Å². The summed E-state index contributed by atoms with van der Waals surface area (Å²) >= 11 is 0. The molecule has 1 atom stereocenters. The summed E-state index contributed by atoms with van der Waals surface area (Å²) in [5.41, 5.74) is 2.19. The van der Waals surface area contributed by atoms with Crippen LogP contribution in [-0.2, 0) is 0 Å². The molecule has 1 aliphatic rings. The van der Waals surface area contributed by atoms with Crippen LogP contribution < -0.4 is 5.32 Å². The van der Waals surface area contributed by atoms with Crippen LogP contribution in [0.15, 0.2) is 24.3 Å². The van der Waals surface area contributed by atoms with Crippen LogP contribution in [0.4, 0.5) is 0 Å². The van der Waals surface area contributed by atoms with Crippen LogP contribution >= 0.6 is 0 Å². The number of nitrogens with zero attached hydrogens (tertiary/aromatic N) is 2. The Bertz CT molecular complexity index is 478. The minimum atomic E-state index is 0.359. The van der Waals surface area contributed by atoms with Crippen molar-refractivity contribution < 1.29 is 0 Å². The minimum absolute atomic E-state index is 0.359. The maximum atomic E-state index is 4.70. The second-order valence-electron chi connectivity index (χ2n) is 4.95. The molecule has 4 nitrogen and oxygen atoms in total. The smallest absolute Gasteiger partial charge is 0.124 e. The number of aromatic nitrogens is 2. The van der Waals surface area contributed by atoms with Crippen LogP contribution in [0.3, 0.4) is 0 Å². The van der Waals surface area contributed by atoms with Crippen LogP contribution in [0.1, 0.15) is 25.2 Å². The predicted octanol–water partition coefficient (Wildman–Crippen LogP) is 1.92. The predicted molar refractivity (Wildman–Crippen MR) is 73.6 cm³/mol. The summed E-state index contributed by atoms with van der Waals surface area (Å²) in [6.45, 7) is 6.68. The summed E-state index contributed by atoms with van der Waals surface area (Å²) in [7, 11) is 0. The molecular formula is C14H20N4. The van der Waals surface area contributed by atoms with Gasteiger partial charge in [0, 0.05) is 19.6 Å². The van der Waals surface area contributed by atoms with Crippen LogP contribution in [0.25, 0.3) is 11.0 Å². The Hall–Kier alpha value is -1.39. The molecule has 0 aliphatic carbocycles. The summed E-state index contributed by atoms with van der Waals surface area (Å²) < 4.78 is 0. The van der Waals surface area contributed by atoms with Crippen molar-refractivity contribution in [2.75, 3.05) is 26.2 Å². The number of fused-ring (bicyclic) bond motifs is 1. The van der Waals surface area contributed by atoms with Gasteiger partial charge in [-0.25, -0.2) is 4.98 Å². The molecule has 1 fully saturated rings. The molecule has 4 heteroatoms. The minimum Gasteiger partial charge on any atom is -0.341 e. The summed E-state index contributed by atoms with van der Waals surface area (Å²) in [6, 6.07) is 8.59. The van der Waals surface area contributed by atoms with Crippen molar-refractivity contribution in [1.29, 1.82) is 0 Å². The summed E-state index contributed by atoms with van der Waals surface area (Å²) in [6.07, 6.45) is 1.21. The molecule has 1 unspecified atom stereocenters. The maximum absolute atomic E-state index is 4.70. The third kappa shape index (κ3) is 2.26. The number of rotatable bonds is 2. The fourth-order valence-corrected chi connectivity index (χ4v) is 2.60. The van der Waals surface area contributed by atoms with Crippen molar-refractivity contribution in [2.24, 2.45) is 0 Å². The quantitative estimate of drug-likeness (QED) is 0.848. The molecule has 1 saturated heterocycles. The first-order valence-corrected chi connectivity index (χ1v) is 6.74. The van der Waals surface area contributed by atoms with Gasteiger partial charge in [0.1, 0.15) is 5.82 Å². The second-order valence-corrected chi connectivity index (χ2v) is 4.95. The van der Waals surface area contributed by atoms with Gasteiger partial charge in [0.15, 0.2) is 0 Å². The Morgan fingerprint density at radius 2 is 2.11 bits per heavy atom. The molecule has 2 aromatic rings. The maximum Gasteiger partial charge on any atom is 0.124 e. The lowest BCUT2D eigenvalue weighted by Gasteiger charge is -2.25. The first kappa shape index (κ1) is 11.7. The Morgan fingerprint density at radius 1 is 1.22 bits per heavy atom. The van der Waals surface area contributed by atoms with Gasteiger partial charge in [0.05, 0.1) is 17.1 Å². The zero-order valence-electron chi connectivity index (χ0n) is 10.8. The van der Waals surface area contributed by atoms with E-state index < -0.39 is 0 Å². The molecule has 2 N–H and O–H groups in total. The Kier molecular flexibility index (Phi) is 3.30. The van der Waals surface area contributed by atoms with Crippen molar-refractivity contribution in [2.45, 2.75) is 19.4 Å². The van der Waals surface area contributed by atoms with Crippen LogP contribution in [0, 0.1) is 0 Å². The molecule has 0 spiro atoms. The zero-order chi connectivity index (χ0) is 12.4. The first-order chi connectivity index (χ1) is 8.84. The van der Waals surface area contributed by atoms with Gasteiger partial charge >= 0.3 is 0 Å². The molecule has 2 heterocycles. The monoisotopic (exact) mass is 244 g/mol. The summed E-state index contributed by atoms with van der Waals surface area (Å²) in [5, 5.41) is 3.44. The number of para-hydroxylation sites is 2. The molecule has 1 aliphatic heterocycles. The summed E-state index contributed by atoms with van der Waals surface area (Å²) in [5.74, 6) is 1.08. The number of H-pyrrole nitrogens is 1. The molecule has 1 aromatic carbocycles. The van der Waals surface area contributed by atoms with E-state index in [9.17, 15) is 0 Å². The Labute approximate surface area is 107 Å². The van der Waals surface area contributed by atoms with Gasteiger partial charge < -0.3 is 10.3 Å². The first-order valence-electron chi connectivity index (χ1n) is 6.74. The standard InChI is InChI=1S/C14H20N4/c1-11(18-9-4-7-15-8-10-18)14-16-12-5-2-3-6-13(12)17-14/h2-3,5-6,11,15H,4,7-10H2,1H3,(H,16,17). The summed E-state index contributed by atoms with van der Waals surface area (Å²) in [4.78, 5) is 10.6. The SMILES string of the molecule is CC(c1nc2ccccc2[nH]1)N1CCCNCC1. The van der Waals surface area contributed by atoms with Crippen LogP contribution in [-0.4, -0.2) is 41.0 Å². The zero-order valence-corrected chi connectivity index (χ0v) is 10.8. The number of imidazole rings is 1. The highest BCUT2D eigenvalue weighted by molar-refractivity contribution is 5.74. The van der Waals surface area contributed by atoms with Gasteiger partial charge in [-0.15, -0.1) is 0 Å². The lowest BCUT2D eigenvalue weighted by molar-refractivity contribution is 0.218. The number of aromatic amines is 1. The molecule has 1 aromatic heterocycles. The lowest BCUT2D eigenvalue weighted by atomic mass is 10.2.